The molecule has 0 aromatic rings. The van der Waals surface area contributed by atoms with Gasteiger partial charge >= 0.3 is 11.9 Å². The van der Waals surface area contributed by atoms with Gasteiger partial charge in [-0.05, 0) is 72.5 Å². The second-order valence-corrected chi connectivity index (χ2v) is 13.7. The van der Waals surface area contributed by atoms with Crippen LogP contribution in [0.1, 0.15) is 93.4 Å². The standard InChI is InChI=1S/C29H44O6/c1-16(30)34-19-13-22-28(6)12-9-20-26(3,4)10-8-11-27(20,5)21(28)14-23(32)29(22,7)24-18(19)15-33-25(24)35-17(2)31/h15,19-25,32H,8-14H2,1-7H3/t19-,20?,21?,22?,23+,24?,25?,27-,28+,29+/m0/s1. The maximum Gasteiger partial charge on any atom is 0.305 e. The van der Waals surface area contributed by atoms with E-state index in [1.165, 1.54) is 39.5 Å². The van der Waals surface area contributed by atoms with Gasteiger partial charge in [0.05, 0.1) is 18.3 Å². The number of aliphatic hydroxyl groups is 1. The number of aliphatic hydroxyl groups excluding tert-OH is 1. The summed E-state index contributed by atoms with van der Waals surface area (Å²) in [5.41, 5.74) is 0.760. The third kappa shape index (κ3) is 3.44. The third-order valence-electron chi connectivity index (χ3n) is 11.6. The summed E-state index contributed by atoms with van der Waals surface area (Å²) in [7, 11) is 0. The van der Waals surface area contributed by atoms with Crippen molar-refractivity contribution in [2.24, 2.45) is 45.3 Å². The van der Waals surface area contributed by atoms with Crippen LogP contribution in [0.25, 0.3) is 0 Å². The Kier molecular flexibility index (Phi) is 5.71. The molecular weight excluding hydrogens is 444 g/mol. The van der Waals surface area contributed by atoms with Crippen LogP contribution >= 0.6 is 0 Å². The first-order valence-corrected chi connectivity index (χ1v) is 13.6. The van der Waals surface area contributed by atoms with E-state index in [1.54, 1.807) is 6.26 Å². The van der Waals surface area contributed by atoms with E-state index in [1.807, 2.05) is 0 Å². The van der Waals surface area contributed by atoms with Gasteiger partial charge in [-0.1, -0.05) is 41.0 Å². The van der Waals surface area contributed by atoms with Gasteiger partial charge in [0.2, 0.25) is 0 Å². The predicted octanol–water partition coefficient (Wildman–Crippen LogP) is 5.38. The quantitative estimate of drug-likeness (QED) is 0.526. The molecule has 4 fully saturated rings. The minimum absolute atomic E-state index is 0.0139. The van der Waals surface area contributed by atoms with E-state index in [0.29, 0.717) is 23.7 Å². The van der Waals surface area contributed by atoms with Crippen LogP contribution in [0.15, 0.2) is 11.8 Å². The second-order valence-electron chi connectivity index (χ2n) is 13.7. The Hall–Kier alpha value is -1.56. The van der Waals surface area contributed by atoms with Crippen molar-refractivity contribution in [1.82, 2.24) is 0 Å². The molecule has 4 aliphatic carbocycles. The minimum atomic E-state index is -0.802. The topological polar surface area (TPSA) is 82.1 Å². The number of carbonyl (C=O) groups excluding carboxylic acids is 2. The average Bonchev–Trinajstić information content (AvgIpc) is 3.15. The lowest BCUT2D eigenvalue weighted by Gasteiger charge is -2.71. The molecule has 0 aromatic heterocycles. The lowest BCUT2D eigenvalue weighted by atomic mass is 9.34. The molecule has 6 nitrogen and oxygen atoms in total. The van der Waals surface area contributed by atoms with Crippen molar-refractivity contribution >= 4 is 11.9 Å². The Morgan fingerprint density at radius 1 is 0.914 bits per heavy atom. The number of rotatable bonds is 2. The summed E-state index contributed by atoms with van der Waals surface area (Å²) < 4.78 is 17.4. The van der Waals surface area contributed by atoms with Gasteiger partial charge in [0.1, 0.15) is 6.10 Å². The molecule has 6 heteroatoms. The first-order valence-electron chi connectivity index (χ1n) is 13.6. The van der Waals surface area contributed by atoms with E-state index in [9.17, 15) is 14.7 Å². The lowest BCUT2D eigenvalue weighted by molar-refractivity contribution is -0.262. The van der Waals surface area contributed by atoms with Crippen LogP contribution in [0.3, 0.4) is 0 Å². The molecule has 0 amide bonds. The molecule has 5 unspecified atom stereocenters. The summed E-state index contributed by atoms with van der Waals surface area (Å²) in [6.07, 6.45) is 7.26. The van der Waals surface area contributed by atoms with Crippen LogP contribution in [-0.4, -0.2) is 35.5 Å². The van der Waals surface area contributed by atoms with Crippen LogP contribution in [0.4, 0.5) is 0 Å². The normalized spacial score (nSPS) is 49.8. The van der Waals surface area contributed by atoms with Crippen molar-refractivity contribution in [3.8, 4) is 0 Å². The highest BCUT2D eigenvalue weighted by Gasteiger charge is 2.71. The maximum absolute atomic E-state index is 12.1. The smallest absolute Gasteiger partial charge is 0.305 e. The van der Waals surface area contributed by atoms with Gasteiger partial charge in [0, 0.05) is 24.8 Å². The predicted molar refractivity (Wildman–Crippen MR) is 131 cm³/mol. The monoisotopic (exact) mass is 488 g/mol. The van der Waals surface area contributed by atoms with Crippen molar-refractivity contribution in [2.75, 3.05) is 0 Å². The van der Waals surface area contributed by atoms with Crippen molar-refractivity contribution < 1.29 is 28.9 Å². The molecule has 0 spiro atoms. The summed E-state index contributed by atoms with van der Waals surface area (Å²) in [5, 5.41) is 12.0. The first kappa shape index (κ1) is 25.1. The molecule has 0 saturated heterocycles. The molecule has 5 aliphatic rings. The van der Waals surface area contributed by atoms with Crippen molar-refractivity contribution in [3.05, 3.63) is 11.8 Å². The van der Waals surface area contributed by atoms with E-state index < -0.39 is 29.9 Å². The number of esters is 2. The summed E-state index contributed by atoms with van der Waals surface area (Å²) >= 11 is 0. The summed E-state index contributed by atoms with van der Waals surface area (Å²) in [6, 6.07) is 0. The van der Waals surface area contributed by atoms with E-state index in [2.05, 4.69) is 34.6 Å². The van der Waals surface area contributed by atoms with Crippen LogP contribution in [0.5, 0.6) is 0 Å². The summed E-state index contributed by atoms with van der Waals surface area (Å²) in [6.45, 7) is 14.8. The zero-order valence-electron chi connectivity index (χ0n) is 22.6. The van der Waals surface area contributed by atoms with Crippen LogP contribution < -0.4 is 0 Å². The van der Waals surface area contributed by atoms with Crippen LogP contribution in [0.2, 0.25) is 0 Å². The summed E-state index contributed by atoms with van der Waals surface area (Å²) in [5.74, 6) is 0.0707. The van der Waals surface area contributed by atoms with E-state index in [0.717, 1.165) is 18.4 Å². The van der Waals surface area contributed by atoms with Gasteiger partial charge in [-0.3, -0.25) is 9.59 Å². The fraction of sp³-hybridized carbons (Fsp3) is 0.862. The Morgan fingerprint density at radius 2 is 1.57 bits per heavy atom. The van der Waals surface area contributed by atoms with Crippen LogP contribution in [0, 0.1) is 45.3 Å². The molecule has 0 bridgehead atoms. The van der Waals surface area contributed by atoms with Gasteiger partial charge in [0.15, 0.2) is 0 Å². The highest BCUT2D eigenvalue weighted by Crippen LogP contribution is 2.74. The van der Waals surface area contributed by atoms with Crippen molar-refractivity contribution in [1.29, 1.82) is 0 Å². The molecule has 4 saturated carbocycles. The first-order chi connectivity index (χ1) is 16.2. The van der Waals surface area contributed by atoms with Gasteiger partial charge in [-0.2, -0.15) is 0 Å². The molecule has 10 atom stereocenters. The Morgan fingerprint density at radius 3 is 2.23 bits per heavy atom. The molecular formula is C29H44O6. The van der Waals surface area contributed by atoms with Gasteiger partial charge in [-0.15, -0.1) is 0 Å². The Labute approximate surface area is 210 Å². The Bertz CT molecular complexity index is 939. The number of hydrogen-bond acceptors (Lipinski definition) is 6. The van der Waals surface area contributed by atoms with E-state index in [4.69, 9.17) is 14.2 Å². The SMILES string of the molecule is CC(=O)OC1OC=C2C1[C@]1(C)C(C[C@@H]2OC(C)=O)[C@]2(C)CCC3C(C)(C)CCC[C@]3(C)C2C[C@H]1O. The number of hydrogen-bond donors (Lipinski definition) is 1. The van der Waals surface area contributed by atoms with Crippen molar-refractivity contribution in [2.45, 2.75) is 112 Å². The number of carbonyl (C=O) groups is 2. The van der Waals surface area contributed by atoms with Crippen LogP contribution in [-0.2, 0) is 23.8 Å². The van der Waals surface area contributed by atoms with Gasteiger partial charge in [-0.25, -0.2) is 0 Å². The molecule has 0 aromatic carbocycles. The molecule has 1 N–H and O–H groups in total. The highest BCUT2D eigenvalue weighted by atomic mass is 16.7. The number of fused-ring (bicyclic) bond motifs is 7. The zero-order chi connectivity index (χ0) is 25.6. The summed E-state index contributed by atoms with van der Waals surface area (Å²) in [4.78, 5) is 24.1. The fourth-order valence-electron chi connectivity index (χ4n) is 10.3. The van der Waals surface area contributed by atoms with Gasteiger partial charge in [0.25, 0.3) is 6.29 Å². The van der Waals surface area contributed by atoms with E-state index >= 15 is 0 Å². The van der Waals surface area contributed by atoms with E-state index in [-0.39, 0.29) is 28.6 Å². The second kappa shape index (κ2) is 7.97. The molecule has 196 valence electrons. The highest BCUT2D eigenvalue weighted by molar-refractivity contribution is 5.67. The molecule has 1 heterocycles. The fourth-order valence-corrected chi connectivity index (χ4v) is 10.3. The van der Waals surface area contributed by atoms with Gasteiger partial charge < -0.3 is 19.3 Å². The largest absolute Gasteiger partial charge is 0.462 e. The van der Waals surface area contributed by atoms with Crippen molar-refractivity contribution in [3.63, 3.8) is 0 Å². The minimum Gasteiger partial charge on any atom is -0.462 e. The molecule has 5 rings (SSSR count). The number of ether oxygens (including phenoxy) is 3. The lowest BCUT2D eigenvalue weighted by Crippen LogP contribution is -2.68. The zero-order valence-corrected chi connectivity index (χ0v) is 22.6. The molecule has 0 radical (unpaired) electrons. The Balaban J connectivity index is 1.59. The third-order valence-corrected chi connectivity index (χ3v) is 11.6. The molecule has 1 aliphatic heterocycles. The average molecular weight is 489 g/mol. The molecule has 35 heavy (non-hydrogen) atoms. The maximum atomic E-state index is 12.1.